The number of aliphatic carboxylic acids is 1. The molecule has 6 heteroatoms. The highest BCUT2D eigenvalue weighted by Gasteiger charge is 2.09. The lowest BCUT2D eigenvalue weighted by atomic mass is 10.3. The smallest absolute Gasteiger partial charge is 0.323 e. The van der Waals surface area contributed by atoms with Crippen molar-refractivity contribution >= 4 is 17.6 Å². The maximum Gasteiger partial charge on any atom is 0.323 e. The Kier molecular flexibility index (Phi) is 5.35. The zero-order chi connectivity index (χ0) is 13.5. The van der Waals surface area contributed by atoms with Gasteiger partial charge >= 0.3 is 5.97 Å². The van der Waals surface area contributed by atoms with Gasteiger partial charge in [-0.25, -0.2) is 9.97 Å². The van der Waals surface area contributed by atoms with Gasteiger partial charge in [0.15, 0.2) is 0 Å². The maximum absolute atomic E-state index is 10.7. The van der Waals surface area contributed by atoms with Crippen molar-refractivity contribution in [3.8, 4) is 0 Å². The molecule has 6 nitrogen and oxygen atoms in total. The van der Waals surface area contributed by atoms with E-state index in [0.717, 1.165) is 25.2 Å². The number of hydrogen-bond acceptors (Lipinski definition) is 5. The summed E-state index contributed by atoms with van der Waals surface area (Å²) < 4.78 is 0. The molecule has 0 aliphatic heterocycles. The van der Waals surface area contributed by atoms with Gasteiger partial charge in [0, 0.05) is 19.7 Å². The van der Waals surface area contributed by atoms with Gasteiger partial charge in [-0.2, -0.15) is 0 Å². The van der Waals surface area contributed by atoms with Gasteiger partial charge in [-0.05, 0) is 13.3 Å². The zero-order valence-electron chi connectivity index (χ0n) is 11.1. The number of carboxylic acid groups (broad SMARTS) is 1. The molecule has 0 bridgehead atoms. The van der Waals surface area contributed by atoms with E-state index in [0.29, 0.717) is 11.6 Å². The van der Waals surface area contributed by atoms with E-state index in [4.69, 9.17) is 5.11 Å². The molecule has 0 fully saturated rings. The fourth-order valence-corrected chi connectivity index (χ4v) is 1.52. The second-order valence-corrected chi connectivity index (χ2v) is 4.19. The molecular weight excluding hydrogens is 232 g/mol. The van der Waals surface area contributed by atoms with Crippen molar-refractivity contribution in [1.82, 2.24) is 9.97 Å². The number of aryl methyl sites for hydroxylation is 1. The van der Waals surface area contributed by atoms with Gasteiger partial charge in [-0.3, -0.25) is 4.79 Å². The number of aromatic nitrogens is 2. The number of carboxylic acids is 1. The summed E-state index contributed by atoms with van der Waals surface area (Å²) >= 11 is 0. The predicted molar refractivity (Wildman–Crippen MR) is 71.1 cm³/mol. The van der Waals surface area contributed by atoms with Crippen LogP contribution in [0.5, 0.6) is 0 Å². The second kappa shape index (κ2) is 6.78. The van der Waals surface area contributed by atoms with Crippen LogP contribution in [0.1, 0.15) is 25.6 Å². The highest BCUT2D eigenvalue weighted by Crippen LogP contribution is 2.14. The first-order chi connectivity index (χ1) is 8.52. The highest BCUT2D eigenvalue weighted by atomic mass is 16.4. The maximum atomic E-state index is 10.7. The molecule has 18 heavy (non-hydrogen) atoms. The zero-order valence-corrected chi connectivity index (χ0v) is 11.1. The molecule has 1 aromatic rings. The molecule has 0 aliphatic carbocycles. The van der Waals surface area contributed by atoms with Crippen LogP contribution >= 0.6 is 0 Å². The average molecular weight is 252 g/mol. The number of unbranched alkanes of at least 4 members (excludes halogenated alkanes) is 1. The van der Waals surface area contributed by atoms with Crippen LogP contribution in [-0.4, -0.2) is 41.2 Å². The van der Waals surface area contributed by atoms with Crippen LogP contribution in [-0.2, 0) is 4.79 Å². The Balaban J connectivity index is 2.76. The van der Waals surface area contributed by atoms with Crippen molar-refractivity contribution in [3.05, 3.63) is 11.9 Å². The van der Waals surface area contributed by atoms with E-state index in [9.17, 15) is 4.79 Å². The molecule has 0 aromatic carbocycles. The first kappa shape index (κ1) is 14.2. The van der Waals surface area contributed by atoms with Gasteiger partial charge in [0.2, 0.25) is 0 Å². The number of anilines is 2. The normalized spacial score (nSPS) is 10.2. The van der Waals surface area contributed by atoms with Crippen LogP contribution in [0.2, 0.25) is 0 Å². The van der Waals surface area contributed by atoms with Crippen molar-refractivity contribution < 1.29 is 9.90 Å². The van der Waals surface area contributed by atoms with Crippen LogP contribution in [0.15, 0.2) is 6.07 Å². The van der Waals surface area contributed by atoms with Gasteiger partial charge in [-0.15, -0.1) is 0 Å². The molecule has 0 spiro atoms. The van der Waals surface area contributed by atoms with Crippen molar-refractivity contribution in [2.45, 2.75) is 26.7 Å². The average Bonchev–Trinajstić information content (AvgIpc) is 2.27. The Morgan fingerprint density at radius 3 is 2.83 bits per heavy atom. The Hall–Kier alpha value is -1.85. The molecule has 100 valence electrons. The SMILES string of the molecule is CCCCNc1cc(N(C)CC(=O)O)nc(C)n1. The standard InChI is InChI=1S/C12H20N4O2/c1-4-5-6-13-10-7-11(15-9(2)14-10)16(3)8-12(17)18/h7H,4-6,8H2,1-3H3,(H,17,18)(H,13,14,15). The fraction of sp³-hybridized carbons (Fsp3) is 0.583. The first-order valence-corrected chi connectivity index (χ1v) is 6.05. The number of nitrogens with one attached hydrogen (secondary N) is 1. The summed E-state index contributed by atoms with van der Waals surface area (Å²) in [4.78, 5) is 20.7. The second-order valence-electron chi connectivity index (χ2n) is 4.19. The van der Waals surface area contributed by atoms with Crippen molar-refractivity contribution in [1.29, 1.82) is 0 Å². The van der Waals surface area contributed by atoms with Crippen LogP contribution in [0.25, 0.3) is 0 Å². The van der Waals surface area contributed by atoms with E-state index in [-0.39, 0.29) is 6.54 Å². The molecule has 2 N–H and O–H groups in total. The van der Waals surface area contributed by atoms with Crippen LogP contribution in [0.4, 0.5) is 11.6 Å². The van der Waals surface area contributed by atoms with Gasteiger partial charge < -0.3 is 15.3 Å². The number of nitrogens with zero attached hydrogens (tertiary/aromatic N) is 3. The largest absolute Gasteiger partial charge is 0.480 e. The third-order valence-electron chi connectivity index (χ3n) is 2.42. The summed E-state index contributed by atoms with van der Waals surface area (Å²) in [7, 11) is 1.70. The van der Waals surface area contributed by atoms with Gasteiger partial charge in [0.05, 0.1) is 0 Å². The Morgan fingerprint density at radius 1 is 1.50 bits per heavy atom. The molecule has 0 aliphatic rings. The van der Waals surface area contributed by atoms with Gasteiger partial charge in [-0.1, -0.05) is 13.3 Å². The molecule has 1 rings (SSSR count). The summed E-state index contributed by atoms with van der Waals surface area (Å²) in [5.41, 5.74) is 0. The Morgan fingerprint density at radius 2 is 2.22 bits per heavy atom. The van der Waals surface area contributed by atoms with E-state index in [1.54, 1.807) is 24.9 Å². The molecule has 0 radical (unpaired) electrons. The van der Waals surface area contributed by atoms with Crippen LogP contribution in [0.3, 0.4) is 0 Å². The molecule has 0 unspecified atom stereocenters. The van der Waals surface area contributed by atoms with Crippen LogP contribution in [0, 0.1) is 6.92 Å². The molecule has 1 aromatic heterocycles. The molecule has 1 heterocycles. The summed E-state index contributed by atoms with van der Waals surface area (Å²) in [6.07, 6.45) is 2.19. The quantitative estimate of drug-likeness (QED) is 0.716. The number of rotatable bonds is 7. The summed E-state index contributed by atoms with van der Waals surface area (Å²) in [5.74, 6) is 1.10. The molecule has 0 amide bonds. The lowest BCUT2D eigenvalue weighted by molar-refractivity contribution is -0.135. The van der Waals surface area contributed by atoms with Gasteiger partial charge in [0.1, 0.15) is 24.0 Å². The van der Waals surface area contributed by atoms with Crippen molar-refractivity contribution in [2.24, 2.45) is 0 Å². The monoisotopic (exact) mass is 252 g/mol. The van der Waals surface area contributed by atoms with E-state index >= 15 is 0 Å². The molecule has 0 atom stereocenters. The molecule has 0 saturated heterocycles. The lowest BCUT2D eigenvalue weighted by Gasteiger charge is -2.17. The number of likely N-dealkylation sites (N-methyl/N-ethyl adjacent to an activating group) is 1. The third kappa shape index (κ3) is 4.57. The van der Waals surface area contributed by atoms with E-state index in [2.05, 4.69) is 22.2 Å². The van der Waals surface area contributed by atoms with Crippen molar-refractivity contribution in [2.75, 3.05) is 30.4 Å². The summed E-state index contributed by atoms with van der Waals surface area (Å²) in [6.45, 7) is 4.70. The highest BCUT2D eigenvalue weighted by molar-refractivity contribution is 5.73. The fourth-order valence-electron chi connectivity index (χ4n) is 1.52. The number of hydrogen-bond donors (Lipinski definition) is 2. The minimum Gasteiger partial charge on any atom is -0.480 e. The van der Waals surface area contributed by atoms with Crippen LogP contribution < -0.4 is 10.2 Å². The molecule has 0 saturated carbocycles. The lowest BCUT2D eigenvalue weighted by Crippen LogP contribution is -2.26. The van der Waals surface area contributed by atoms with Crippen molar-refractivity contribution in [3.63, 3.8) is 0 Å². The van der Waals surface area contributed by atoms with E-state index in [1.165, 1.54) is 0 Å². The van der Waals surface area contributed by atoms with E-state index < -0.39 is 5.97 Å². The summed E-state index contributed by atoms with van der Waals surface area (Å²) in [5, 5.41) is 12.0. The minimum absolute atomic E-state index is 0.0785. The Bertz CT molecular complexity index is 409. The van der Waals surface area contributed by atoms with E-state index in [1.807, 2.05) is 0 Å². The Labute approximate surface area is 107 Å². The summed E-state index contributed by atoms with van der Waals surface area (Å²) in [6, 6.07) is 1.77. The third-order valence-corrected chi connectivity index (χ3v) is 2.42. The molecular formula is C12H20N4O2. The number of carbonyl (C=O) groups is 1. The minimum atomic E-state index is -0.880. The topological polar surface area (TPSA) is 78.4 Å². The predicted octanol–water partition coefficient (Wildman–Crippen LogP) is 1.52. The first-order valence-electron chi connectivity index (χ1n) is 6.05. The van der Waals surface area contributed by atoms with Gasteiger partial charge in [0.25, 0.3) is 0 Å².